The number of pyridine rings is 2. The summed E-state index contributed by atoms with van der Waals surface area (Å²) in [5.74, 6) is 0.428. The maximum absolute atomic E-state index is 5.21. The van der Waals surface area contributed by atoms with Gasteiger partial charge in [-0.15, -0.1) is 0 Å². The second-order valence-corrected chi connectivity index (χ2v) is 14.8. The lowest BCUT2D eigenvalue weighted by atomic mass is 9.61. The van der Waals surface area contributed by atoms with E-state index < -0.39 is 0 Å². The third-order valence-corrected chi connectivity index (χ3v) is 12.0. The molecule has 55 heavy (non-hydrogen) atoms. The van der Waals surface area contributed by atoms with Crippen LogP contribution in [0, 0.1) is 11.8 Å². The van der Waals surface area contributed by atoms with Gasteiger partial charge < -0.3 is 0 Å². The van der Waals surface area contributed by atoms with Crippen LogP contribution < -0.4 is 0 Å². The largest absolute Gasteiger partial charge is 0.254 e. The van der Waals surface area contributed by atoms with Gasteiger partial charge in [-0.2, -0.15) is 0 Å². The molecule has 0 aliphatic heterocycles. The van der Waals surface area contributed by atoms with Gasteiger partial charge in [0.25, 0.3) is 0 Å². The summed E-state index contributed by atoms with van der Waals surface area (Å²) in [5.41, 5.74) is 15.8. The Morgan fingerprint density at radius 3 is 2.40 bits per heavy atom. The number of allylic oxidation sites excluding steroid dienone is 19. The van der Waals surface area contributed by atoms with Crippen LogP contribution in [0.25, 0.3) is 71.0 Å². The van der Waals surface area contributed by atoms with E-state index in [-0.39, 0.29) is 11.8 Å². The summed E-state index contributed by atoms with van der Waals surface area (Å²) in [6.45, 7) is 6.02. The highest BCUT2D eigenvalue weighted by atomic mass is 14.7. The average Bonchev–Trinajstić information content (AvgIpc) is 3.24. The normalized spacial score (nSPS) is 19.0. The van der Waals surface area contributed by atoms with E-state index in [4.69, 9.17) is 9.97 Å². The molecule has 0 amide bonds. The number of fused-ring (bicyclic) bond motifs is 7. The van der Waals surface area contributed by atoms with Gasteiger partial charge in [0.1, 0.15) is 0 Å². The SMILES string of the molecule is C=C/C=C(\C=C/C)c1ccc2ccc3c(C4=CC=C5C=CC6=C(c7c8ccccc8nc8c7ccc7cccnc78)C=CC7=CC=C4C5C76)cccc3c2c1. The lowest BCUT2D eigenvalue weighted by Crippen LogP contribution is -2.30. The molecule has 258 valence electrons. The van der Waals surface area contributed by atoms with Gasteiger partial charge in [-0.1, -0.05) is 158 Å². The molecule has 2 heterocycles. The van der Waals surface area contributed by atoms with Crippen LogP contribution >= 0.6 is 0 Å². The fourth-order valence-electron chi connectivity index (χ4n) is 9.59. The number of benzene rings is 5. The summed E-state index contributed by atoms with van der Waals surface area (Å²) in [4.78, 5) is 10.0. The summed E-state index contributed by atoms with van der Waals surface area (Å²) >= 11 is 0. The van der Waals surface area contributed by atoms with Crippen molar-refractivity contribution in [2.75, 3.05) is 0 Å². The molecule has 2 aromatic heterocycles. The molecule has 4 aliphatic rings. The monoisotopic (exact) mass is 700 g/mol. The van der Waals surface area contributed by atoms with Crippen molar-refractivity contribution < 1.29 is 0 Å². The number of aromatic nitrogens is 2. The molecule has 0 N–H and O–H groups in total. The van der Waals surface area contributed by atoms with E-state index in [9.17, 15) is 0 Å². The third kappa shape index (κ3) is 4.74. The van der Waals surface area contributed by atoms with Crippen LogP contribution in [0.2, 0.25) is 0 Å². The van der Waals surface area contributed by atoms with Crippen molar-refractivity contribution in [2.24, 2.45) is 11.8 Å². The number of hydrogen-bond donors (Lipinski definition) is 0. The highest BCUT2D eigenvalue weighted by molar-refractivity contribution is 6.15. The van der Waals surface area contributed by atoms with Crippen molar-refractivity contribution in [3.63, 3.8) is 0 Å². The molecule has 0 radical (unpaired) electrons. The number of hydrogen-bond acceptors (Lipinski definition) is 2. The van der Waals surface area contributed by atoms with Gasteiger partial charge in [0, 0.05) is 39.8 Å². The molecule has 5 aromatic carbocycles. The molecular weight excluding hydrogens is 665 g/mol. The van der Waals surface area contributed by atoms with Gasteiger partial charge in [-0.3, -0.25) is 4.98 Å². The van der Waals surface area contributed by atoms with Gasteiger partial charge in [-0.25, -0.2) is 4.98 Å². The van der Waals surface area contributed by atoms with Crippen molar-refractivity contribution in [2.45, 2.75) is 6.92 Å². The van der Waals surface area contributed by atoms with Gasteiger partial charge in [-0.05, 0) is 96.8 Å². The fraction of sp³-hybridized carbons (Fsp3) is 0.0566. The van der Waals surface area contributed by atoms with E-state index in [0.717, 1.165) is 32.9 Å². The molecule has 0 bridgehead atoms. The second kappa shape index (κ2) is 12.3. The maximum Gasteiger partial charge on any atom is 0.0978 e. The smallest absolute Gasteiger partial charge is 0.0978 e. The zero-order valence-electron chi connectivity index (χ0n) is 30.5. The van der Waals surface area contributed by atoms with Crippen molar-refractivity contribution >= 4 is 71.0 Å². The van der Waals surface area contributed by atoms with E-state index in [0.29, 0.717) is 0 Å². The molecule has 0 saturated heterocycles. The zero-order valence-corrected chi connectivity index (χ0v) is 30.5. The van der Waals surface area contributed by atoms with E-state index in [1.807, 2.05) is 18.3 Å². The number of nitrogens with zero attached hydrogens (tertiary/aromatic N) is 2. The molecule has 4 aliphatic carbocycles. The average molecular weight is 701 g/mol. The van der Waals surface area contributed by atoms with Crippen LogP contribution in [0.3, 0.4) is 0 Å². The van der Waals surface area contributed by atoms with Gasteiger partial charge in [0.15, 0.2) is 0 Å². The molecule has 2 unspecified atom stereocenters. The lowest BCUT2D eigenvalue weighted by Gasteiger charge is -2.42. The molecule has 2 heteroatoms. The van der Waals surface area contributed by atoms with Crippen molar-refractivity contribution in [3.8, 4) is 0 Å². The Morgan fingerprint density at radius 2 is 1.47 bits per heavy atom. The topological polar surface area (TPSA) is 25.8 Å². The Bertz CT molecular complexity index is 3170. The highest BCUT2D eigenvalue weighted by Crippen LogP contribution is 2.55. The van der Waals surface area contributed by atoms with E-state index in [2.05, 4.69) is 171 Å². The van der Waals surface area contributed by atoms with Gasteiger partial charge in [0.2, 0.25) is 0 Å². The van der Waals surface area contributed by atoms with Crippen LogP contribution in [0.1, 0.15) is 23.6 Å². The highest BCUT2D eigenvalue weighted by Gasteiger charge is 2.41. The zero-order chi connectivity index (χ0) is 36.6. The fourth-order valence-corrected chi connectivity index (χ4v) is 9.59. The summed E-state index contributed by atoms with van der Waals surface area (Å²) in [6.07, 6.45) is 29.0. The van der Waals surface area contributed by atoms with Crippen molar-refractivity contribution in [1.29, 1.82) is 0 Å². The molecule has 2 nitrogen and oxygen atoms in total. The predicted octanol–water partition coefficient (Wildman–Crippen LogP) is 13.4. The van der Waals surface area contributed by atoms with Gasteiger partial charge in [0.05, 0.1) is 16.6 Å². The maximum atomic E-state index is 5.21. The summed E-state index contributed by atoms with van der Waals surface area (Å²) in [6, 6.07) is 35.3. The molecule has 7 aromatic rings. The first-order valence-electron chi connectivity index (χ1n) is 19.1. The first-order valence-corrected chi connectivity index (χ1v) is 19.1. The minimum Gasteiger partial charge on any atom is -0.254 e. The molecule has 2 atom stereocenters. The Hall–Kier alpha value is -6.90. The quantitative estimate of drug-likeness (QED) is 0.101. The third-order valence-electron chi connectivity index (χ3n) is 12.0. The van der Waals surface area contributed by atoms with Gasteiger partial charge >= 0.3 is 0 Å². The Morgan fingerprint density at radius 1 is 0.655 bits per heavy atom. The van der Waals surface area contributed by atoms with E-state index in [1.165, 1.54) is 77.1 Å². The molecule has 11 rings (SSSR count). The van der Waals surface area contributed by atoms with E-state index >= 15 is 0 Å². The summed E-state index contributed by atoms with van der Waals surface area (Å²) < 4.78 is 0. The molecule has 0 spiro atoms. The Labute approximate surface area is 320 Å². The van der Waals surface area contributed by atoms with Crippen LogP contribution in [-0.4, -0.2) is 9.97 Å². The standard InChI is InChI=1S/C53H36N2/c1-3-9-32(10-4-2)37-17-16-33-18-24-40-38(13-7-14-39(40)47(33)31-37)41-25-19-34-21-27-43-44(28-22-35-20-26-42(41)49(34)50(35)43)51-45-12-5-6-15-48(45)55-53-46(51)29-23-36-11-8-30-54-52(36)53/h3-31,49-50H,1H2,2H3/b10-4-,32-9+. The summed E-state index contributed by atoms with van der Waals surface area (Å²) in [5, 5.41) is 8.45. The predicted molar refractivity (Wildman–Crippen MR) is 233 cm³/mol. The molecule has 0 fully saturated rings. The minimum absolute atomic E-state index is 0.209. The minimum atomic E-state index is 0.209. The van der Waals surface area contributed by atoms with Crippen molar-refractivity contribution in [1.82, 2.24) is 9.97 Å². The second-order valence-electron chi connectivity index (χ2n) is 14.8. The Kier molecular flexibility index (Phi) is 7.09. The molecule has 0 saturated carbocycles. The first-order chi connectivity index (χ1) is 27.2. The van der Waals surface area contributed by atoms with Crippen LogP contribution in [0.5, 0.6) is 0 Å². The van der Waals surface area contributed by atoms with Crippen LogP contribution in [0.4, 0.5) is 0 Å². The Balaban J connectivity index is 1.08. The lowest BCUT2D eigenvalue weighted by molar-refractivity contribution is 0.569. The van der Waals surface area contributed by atoms with Crippen LogP contribution in [0.15, 0.2) is 205 Å². The molecular formula is C53H36N2. The van der Waals surface area contributed by atoms with E-state index in [1.54, 1.807) is 0 Å². The first kappa shape index (κ1) is 31.6. The van der Waals surface area contributed by atoms with Crippen molar-refractivity contribution in [3.05, 3.63) is 222 Å². The summed E-state index contributed by atoms with van der Waals surface area (Å²) in [7, 11) is 0. The van der Waals surface area contributed by atoms with Crippen LogP contribution in [-0.2, 0) is 0 Å². The number of rotatable bonds is 5. The number of para-hydroxylation sites is 1.